The maximum Gasteiger partial charge on any atom is 0.151 e. The quantitative estimate of drug-likeness (QED) is 0.834. The first-order chi connectivity index (χ1) is 9.13. The second-order valence-corrected chi connectivity index (χ2v) is 7.72. The van der Waals surface area contributed by atoms with Gasteiger partial charge in [-0.15, -0.1) is 11.8 Å². The Kier molecular flexibility index (Phi) is 5.40. The average Bonchev–Trinajstić information content (AvgIpc) is 2.42. The molecule has 2 unspecified atom stereocenters. The van der Waals surface area contributed by atoms with Crippen LogP contribution in [0.4, 0.5) is 0 Å². The van der Waals surface area contributed by atoms with Crippen LogP contribution in [0, 0.1) is 13.8 Å². The summed E-state index contributed by atoms with van der Waals surface area (Å²) in [5.41, 5.74) is 3.73. The van der Waals surface area contributed by atoms with Crippen LogP contribution in [0.3, 0.4) is 0 Å². The zero-order chi connectivity index (χ0) is 13.8. The molecular formula is C16H22OS2. The molecule has 0 spiro atoms. The van der Waals surface area contributed by atoms with Gasteiger partial charge in [0, 0.05) is 23.2 Å². The summed E-state index contributed by atoms with van der Waals surface area (Å²) in [5, 5.41) is 0.707. The first kappa shape index (κ1) is 15.0. The van der Waals surface area contributed by atoms with Crippen molar-refractivity contribution in [3.05, 3.63) is 34.9 Å². The molecule has 1 saturated heterocycles. The van der Waals surface area contributed by atoms with Crippen molar-refractivity contribution < 1.29 is 4.79 Å². The number of Topliss-reactive ketones (excluding diaryl/α,β-unsaturated/α-hetero) is 1. The van der Waals surface area contributed by atoms with E-state index in [1.54, 1.807) is 0 Å². The Balaban J connectivity index is 2.12. The van der Waals surface area contributed by atoms with Crippen molar-refractivity contribution in [2.75, 3.05) is 11.5 Å². The van der Waals surface area contributed by atoms with Crippen molar-refractivity contribution in [1.82, 2.24) is 0 Å². The number of carbonyl (C=O) groups excluding carboxylic acids is 1. The highest BCUT2D eigenvalue weighted by atomic mass is 32.2. The molecule has 0 saturated carbocycles. The lowest BCUT2D eigenvalue weighted by atomic mass is 9.96. The van der Waals surface area contributed by atoms with Gasteiger partial charge in [0.25, 0.3) is 0 Å². The summed E-state index contributed by atoms with van der Waals surface area (Å²) >= 11 is 3.84. The minimum Gasteiger partial charge on any atom is -0.298 e. The van der Waals surface area contributed by atoms with Crippen molar-refractivity contribution in [2.24, 2.45) is 0 Å². The van der Waals surface area contributed by atoms with Crippen LogP contribution in [0.1, 0.15) is 30.0 Å². The molecule has 0 N–H and O–H groups in total. The fraction of sp³-hybridized carbons (Fsp3) is 0.562. The van der Waals surface area contributed by atoms with Crippen molar-refractivity contribution in [3.8, 4) is 0 Å². The van der Waals surface area contributed by atoms with Crippen molar-refractivity contribution in [3.63, 3.8) is 0 Å². The summed E-state index contributed by atoms with van der Waals surface area (Å²) in [6.45, 7) is 6.41. The smallest absolute Gasteiger partial charge is 0.151 e. The van der Waals surface area contributed by atoms with E-state index in [2.05, 4.69) is 39.0 Å². The van der Waals surface area contributed by atoms with Gasteiger partial charge >= 0.3 is 0 Å². The SMILES string of the molecule is CCC1SCCSC1C(=O)Cc1c(C)cccc1C. The average molecular weight is 294 g/mol. The third kappa shape index (κ3) is 3.57. The van der Waals surface area contributed by atoms with E-state index >= 15 is 0 Å². The number of ketones is 1. The summed E-state index contributed by atoms with van der Waals surface area (Å²) in [5.74, 6) is 2.72. The summed E-state index contributed by atoms with van der Waals surface area (Å²) < 4.78 is 0. The van der Waals surface area contributed by atoms with E-state index in [-0.39, 0.29) is 5.25 Å². The summed E-state index contributed by atoms with van der Waals surface area (Å²) in [4.78, 5) is 12.6. The van der Waals surface area contributed by atoms with Crippen LogP contribution in [-0.2, 0) is 11.2 Å². The second kappa shape index (κ2) is 6.85. The number of aryl methyl sites for hydroxylation is 2. The molecule has 0 amide bonds. The fourth-order valence-electron chi connectivity index (χ4n) is 2.60. The van der Waals surface area contributed by atoms with E-state index in [0.717, 1.165) is 12.2 Å². The monoisotopic (exact) mass is 294 g/mol. The summed E-state index contributed by atoms with van der Waals surface area (Å²) in [6, 6.07) is 6.28. The van der Waals surface area contributed by atoms with Crippen LogP contribution in [0.15, 0.2) is 18.2 Å². The Morgan fingerprint density at radius 3 is 2.47 bits per heavy atom. The first-order valence-corrected chi connectivity index (χ1v) is 9.04. The van der Waals surface area contributed by atoms with Gasteiger partial charge in [-0.1, -0.05) is 25.1 Å². The van der Waals surface area contributed by atoms with Gasteiger partial charge < -0.3 is 0 Å². The molecule has 1 fully saturated rings. The number of thioether (sulfide) groups is 2. The highest BCUT2D eigenvalue weighted by Gasteiger charge is 2.30. The third-order valence-corrected chi connectivity index (χ3v) is 7.06. The fourth-order valence-corrected chi connectivity index (χ4v) is 5.64. The normalized spacial score (nSPS) is 23.3. The van der Waals surface area contributed by atoms with Gasteiger partial charge in [0.2, 0.25) is 0 Å². The molecule has 1 aliphatic rings. The molecule has 1 heterocycles. The summed E-state index contributed by atoms with van der Waals surface area (Å²) in [6.07, 6.45) is 1.70. The van der Waals surface area contributed by atoms with E-state index < -0.39 is 0 Å². The Hall–Kier alpha value is -0.410. The van der Waals surface area contributed by atoms with E-state index in [4.69, 9.17) is 0 Å². The minimum atomic E-state index is 0.197. The van der Waals surface area contributed by atoms with Crippen LogP contribution >= 0.6 is 23.5 Å². The lowest BCUT2D eigenvalue weighted by Crippen LogP contribution is -2.34. The second-order valence-electron chi connectivity index (χ2n) is 5.12. The van der Waals surface area contributed by atoms with Crippen LogP contribution in [-0.4, -0.2) is 27.8 Å². The van der Waals surface area contributed by atoms with Gasteiger partial charge in [-0.05, 0) is 37.0 Å². The molecule has 1 aromatic rings. The van der Waals surface area contributed by atoms with Crippen molar-refractivity contribution in [1.29, 1.82) is 0 Å². The first-order valence-electron chi connectivity index (χ1n) is 6.94. The molecule has 1 aliphatic heterocycles. The third-order valence-electron chi connectivity index (χ3n) is 3.77. The lowest BCUT2D eigenvalue weighted by Gasteiger charge is -2.29. The van der Waals surface area contributed by atoms with Gasteiger partial charge in [-0.25, -0.2) is 0 Å². The van der Waals surface area contributed by atoms with Crippen molar-refractivity contribution >= 4 is 29.3 Å². The molecule has 1 aromatic carbocycles. The van der Waals surface area contributed by atoms with E-state index in [0.29, 0.717) is 17.5 Å². The van der Waals surface area contributed by atoms with Gasteiger partial charge in [-0.3, -0.25) is 4.79 Å². The molecule has 2 rings (SSSR count). The number of hydrogen-bond donors (Lipinski definition) is 0. The Morgan fingerprint density at radius 2 is 1.84 bits per heavy atom. The standard InChI is InChI=1S/C16H22OS2/c1-4-15-16(19-9-8-18-15)14(17)10-13-11(2)6-5-7-12(13)3/h5-7,15-16H,4,8-10H2,1-3H3. The highest BCUT2D eigenvalue weighted by molar-refractivity contribution is 8.07. The molecule has 19 heavy (non-hydrogen) atoms. The highest BCUT2D eigenvalue weighted by Crippen LogP contribution is 2.34. The molecular weight excluding hydrogens is 272 g/mol. The van der Waals surface area contributed by atoms with E-state index in [1.807, 2.05) is 23.5 Å². The number of rotatable bonds is 4. The molecule has 0 aliphatic carbocycles. The topological polar surface area (TPSA) is 17.1 Å². The number of hydrogen-bond acceptors (Lipinski definition) is 3. The Bertz CT molecular complexity index is 436. The predicted molar refractivity (Wildman–Crippen MR) is 87.4 cm³/mol. The van der Waals surface area contributed by atoms with E-state index in [9.17, 15) is 4.79 Å². The van der Waals surface area contributed by atoms with Crippen LogP contribution in [0.25, 0.3) is 0 Å². The number of carbonyl (C=O) groups is 1. The Morgan fingerprint density at radius 1 is 1.21 bits per heavy atom. The molecule has 0 radical (unpaired) electrons. The van der Waals surface area contributed by atoms with Crippen molar-refractivity contribution in [2.45, 2.75) is 44.1 Å². The maximum absolute atomic E-state index is 12.6. The Labute approximate surface area is 124 Å². The van der Waals surface area contributed by atoms with E-state index in [1.165, 1.54) is 22.4 Å². The molecule has 3 heteroatoms. The molecule has 0 bridgehead atoms. The van der Waals surface area contributed by atoms with Crippen LogP contribution in [0.5, 0.6) is 0 Å². The molecule has 104 valence electrons. The largest absolute Gasteiger partial charge is 0.298 e. The molecule has 2 atom stereocenters. The van der Waals surface area contributed by atoms with Gasteiger partial charge in [-0.2, -0.15) is 11.8 Å². The lowest BCUT2D eigenvalue weighted by molar-refractivity contribution is -0.118. The zero-order valence-electron chi connectivity index (χ0n) is 11.9. The van der Waals surface area contributed by atoms with Gasteiger partial charge in [0.05, 0.1) is 5.25 Å². The minimum absolute atomic E-state index is 0.197. The van der Waals surface area contributed by atoms with Gasteiger partial charge in [0.1, 0.15) is 0 Å². The van der Waals surface area contributed by atoms with Crippen LogP contribution < -0.4 is 0 Å². The van der Waals surface area contributed by atoms with Crippen LogP contribution in [0.2, 0.25) is 0 Å². The predicted octanol–water partition coefficient (Wildman–Crippen LogP) is 4.04. The number of benzene rings is 1. The molecule has 1 nitrogen and oxygen atoms in total. The maximum atomic E-state index is 12.6. The van der Waals surface area contributed by atoms with Gasteiger partial charge in [0.15, 0.2) is 5.78 Å². The zero-order valence-corrected chi connectivity index (χ0v) is 13.6. The summed E-state index contributed by atoms with van der Waals surface area (Å²) in [7, 11) is 0. The molecule has 0 aromatic heterocycles.